The first-order chi connectivity index (χ1) is 7.58. The molecular formula is C11H13BrN2O2. The van der Waals surface area contributed by atoms with Crippen molar-refractivity contribution in [1.82, 2.24) is 0 Å². The van der Waals surface area contributed by atoms with E-state index in [-0.39, 0.29) is 5.69 Å². The zero-order valence-electron chi connectivity index (χ0n) is 8.94. The van der Waals surface area contributed by atoms with Crippen molar-refractivity contribution in [3.8, 4) is 0 Å². The molecule has 0 spiro atoms. The van der Waals surface area contributed by atoms with Gasteiger partial charge in [-0.2, -0.15) is 0 Å². The highest BCUT2D eigenvalue weighted by Gasteiger charge is 2.27. The van der Waals surface area contributed by atoms with Gasteiger partial charge in [-0.3, -0.25) is 10.1 Å². The monoisotopic (exact) mass is 284 g/mol. The molecule has 0 aliphatic heterocycles. The summed E-state index contributed by atoms with van der Waals surface area (Å²) in [4.78, 5) is 10.2. The van der Waals surface area contributed by atoms with E-state index in [4.69, 9.17) is 0 Å². The van der Waals surface area contributed by atoms with Crippen LogP contribution in [0.2, 0.25) is 0 Å². The molecule has 1 aromatic carbocycles. The maximum absolute atomic E-state index is 10.6. The van der Waals surface area contributed by atoms with E-state index < -0.39 is 4.92 Å². The number of rotatable bonds is 4. The molecule has 1 aromatic rings. The van der Waals surface area contributed by atoms with Crippen LogP contribution >= 0.6 is 15.9 Å². The van der Waals surface area contributed by atoms with E-state index in [0.717, 1.165) is 11.6 Å². The molecule has 1 aliphatic carbocycles. The van der Waals surface area contributed by atoms with Crippen LogP contribution in [-0.4, -0.2) is 11.0 Å². The van der Waals surface area contributed by atoms with Crippen LogP contribution in [0.15, 0.2) is 22.7 Å². The lowest BCUT2D eigenvalue weighted by Gasteiger charge is -2.14. The molecule has 0 saturated heterocycles. The Morgan fingerprint density at radius 2 is 2.25 bits per heavy atom. The molecule has 0 radical (unpaired) electrons. The fraction of sp³-hybridized carbons (Fsp3) is 0.455. The van der Waals surface area contributed by atoms with Crippen LogP contribution in [0.4, 0.5) is 11.4 Å². The van der Waals surface area contributed by atoms with Crippen molar-refractivity contribution >= 4 is 27.3 Å². The predicted octanol–water partition coefficient (Wildman–Crippen LogP) is 3.57. The molecule has 16 heavy (non-hydrogen) atoms. The molecule has 1 unspecified atom stereocenters. The lowest BCUT2D eigenvalue weighted by Crippen LogP contribution is -2.17. The second-order valence-electron chi connectivity index (χ2n) is 4.19. The topological polar surface area (TPSA) is 55.2 Å². The Balaban J connectivity index is 2.10. The molecule has 2 rings (SSSR count). The largest absolute Gasteiger partial charge is 0.382 e. The third kappa shape index (κ3) is 2.52. The molecule has 1 saturated carbocycles. The highest BCUT2D eigenvalue weighted by Crippen LogP contribution is 2.35. The predicted molar refractivity (Wildman–Crippen MR) is 66.6 cm³/mol. The van der Waals surface area contributed by atoms with E-state index in [1.807, 2.05) is 0 Å². The molecular weight excluding hydrogens is 272 g/mol. The van der Waals surface area contributed by atoms with Crippen LogP contribution in [0.5, 0.6) is 0 Å². The molecule has 1 fully saturated rings. The molecule has 4 nitrogen and oxygen atoms in total. The summed E-state index contributed by atoms with van der Waals surface area (Å²) in [6, 6.07) is 5.47. The van der Waals surface area contributed by atoms with E-state index in [0.29, 0.717) is 10.5 Å². The Hall–Kier alpha value is -1.10. The number of nitro groups is 1. The molecule has 0 bridgehead atoms. The van der Waals surface area contributed by atoms with Crippen LogP contribution in [-0.2, 0) is 0 Å². The smallest absolute Gasteiger partial charge is 0.283 e. The van der Waals surface area contributed by atoms with Gasteiger partial charge >= 0.3 is 0 Å². The number of benzene rings is 1. The molecule has 0 heterocycles. The van der Waals surface area contributed by atoms with Crippen LogP contribution in [0, 0.1) is 16.0 Å². The van der Waals surface area contributed by atoms with Gasteiger partial charge in [0, 0.05) is 17.8 Å². The number of nitrogens with zero attached hydrogens (tertiary/aromatic N) is 1. The fourth-order valence-corrected chi connectivity index (χ4v) is 2.25. The summed E-state index contributed by atoms with van der Waals surface area (Å²) in [7, 11) is 0. The first kappa shape index (κ1) is 11.4. The van der Waals surface area contributed by atoms with Crippen molar-refractivity contribution in [3.05, 3.63) is 32.8 Å². The Morgan fingerprint density at radius 1 is 1.56 bits per heavy atom. The van der Waals surface area contributed by atoms with E-state index in [1.54, 1.807) is 12.1 Å². The number of hydrogen-bond acceptors (Lipinski definition) is 3. The summed E-state index contributed by atoms with van der Waals surface area (Å²) >= 11 is 3.21. The summed E-state index contributed by atoms with van der Waals surface area (Å²) in [5.41, 5.74) is 1.03. The van der Waals surface area contributed by atoms with Gasteiger partial charge in [0.15, 0.2) is 0 Å². The number of halogens is 1. The SMILES string of the molecule is CC(Nc1ccc([N+](=O)[O-])c(Br)c1)C1CC1. The van der Waals surface area contributed by atoms with Crippen molar-refractivity contribution in [2.24, 2.45) is 5.92 Å². The molecule has 5 heteroatoms. The fourth-order valence-electron chi connectivity index (χ4n) is 1.72. The van der Waals surface area contributed by atoms with Crippen molar-refractivity contribution in [1.29, 1.82) is 0 Å². The molecule has 1 atom stereocenters. The average Bonchev–Trinajstić information content (AvgIpc) is 2.99. The molecule has 1 N–H and O–H groups in total. The minimum absolute atomic E-state index is 0.102. The number of hydrogen-bond donors (Lipinski definition) is 1. The maximum atomic E-state index is 10.6. The molecule has 0 aromatic heterocycles. The minimum Gasteiger partial charge on any atom is -0.382 e. The van der Waals surface area contributed by atoms with Crippen molar-refractivity contribution in [2.45, 2.75) is 25.8 Å². The maximum Gasteiger partial charge on any atom is 0.283 e. The van der Waals surface area contributed by atoms with Crippen LogP contribution in [0.1, 0.15) is 19.8 Å². The summed E-state index contributed by atoms with van der Waals surface area (Å²) < 4.78 is 0.519. The van der Waals surface area contributed by atoms with Crippen molar-refractivity contribution in [3.63, 3.8) is 0 Å². The van der Waals surface area contributed by atoms with Gasteiger partial charge in [0.1, 0.15) is 0 Å². The second kappa shape index (κ2) is 4.41. The summed E-state index contributed by atoms with van der Waals surface area (Å²) in [5.74, 6) is 0.758. The molecule has 1 aliphatic rings. The van der Waals surface area contributed by atoms with Gasteiger partial charge in [-0.15, -0.1) is 0 Å². The van der Waals surface area contributed by atoms with E-state index in [9.17, 15) is 10.1 Å². The first-order valence-electron chi connectivity index (χ1n) is 5.28. The van der Waals surface area contributed by atoms with Gasteiger partial charge in [-0.25, -0.2) is 0 Å². The van der Waals surface area contributed by atoms with E-state index >= 15 is 0 Å². The van der Waals surface area contributed by atoms with E-state index in [2.05, 4.69) is 28.2 Å². The van der Waals surface area contributed by atoms with Gasteiger partial charge in [0.25, 0.3) is 5.69 Å². The second-order valence-corrected chi connectivity index (χ2v) is 5.05. The van der Waals surface area contributed by atoms with Crippen LogP contribution in [0.3, 0.4) is 0 Å². The normalized spacial score (nSPS) is 16.9. The number of anilines is 1. The van der Waals surface area contributed by atoms with E-state index in [1.165, 1.54) is 18.9 Å². The standard InChI is InChI=1S/C11H13BrN2O2/c1-7(8-2-3-8)13-9-4-5-11(14(15)16)10(12)6-9/h4-8,13H,2-3H2,1H3. The summed E-state index contributed by atoms with van der Waals surface area (Å²) in [6.45, 7) is 2.15. The van der Waals surface area contributed by atoms with Gasteiger partial charge in [-0.05, 0) is 53.7 Å². The number of nitro benzene ring substituents is 1. The summed E-state index contributed by atoms with van der Waals surface area (Å²) in [6.07, 6.45) is 2.56. The van der Waals surface area contributed by atoms with Crippen molar-refractivity contribution < 1.29 is 4.92 Å². The highest BCUT2D eigenvalue weighted by molar-refractivity contribution is 9.10. The zero-order chi connectivity index (χ0) is 11.7. The molecule has 86 valence electrons. The van der Waals surface area contributed by atoms with Gasteiger partial charge < -0.3 is 5.32 Å². The Labute approximate surface area is 102 Å². The zero-order valence-corrected chi connectivity index (χ0v) is 10.5. The third-order valence-electron chi connectivity index (χ3n) is 2.87. The van der Waals surface area contributed by atoms with Crippen LogP contribution < -0.4 is 5.32 Å². The first-order valence-corrected chi connectivity index (χ1v) is 6.07. The Morgan fingerprint density at radius 3 is 2.75 bits per heavy atom. The molecule has 0 amide bonds. The van der Waals surface area contributed by atoms with Gasteiger partial charge in [0.2, 0.25) is 0 Å². The van der Waals surface area contributed by atoms with Crippen molar-refractivity contribution in [2.75, 3.05) is 5.32 Å². The minimum atomic E-state index is -0.391. The van der Waals surface area contributed by atoms with Crippen LogP contribution in [0.25, 0.3) is 0 Å². The Bertz CT molecular complexity index is 418. The lowest BCUT2D eigenvalue weighted by molar-refractivity contribution is -0.385. The number of nitrogens with one attached hydrogen (secondary N) is 1. The summed E-state index contributed by atoms with van der Waals surface area (Å²) in [5, 5.41) is 14.0. The van der Waals surface area contributed by atoms with Gasteiger partial charge in [0.05, 0.1) is 9.40 Å². The quantitative estimate of drug-likeness (QED) is 0.679. The lowest BCUT2D eigenvalue weighted by atomic mass is 10.2. The Kier molecular flexibility index (Phi) is 3.14. The third-order valence-corrected chi connectivity index (χ3v) is 3.50. The van der Waals surface area contributed by atoms with Gasteiger partial charge in [-0.1, -0.05) is 0 Å². The highest BCUT2D eigenvalue weighted by atomic mass is 79.9. The average molecular weight is 285 g/mol.